The second-order valence-electron chi connectivity index (χ2n) is 12.4. The minimum absolute atomic E-state index is 0.0450. The lowest BCUT2D eigenvalue weighted by molar-refractivity contribution is -0.115. The molecule has 0 spiro atoms. The largest absolute Gasteiger partial charge is 0.444 e. The zero-order valence-electron chi connectivity index (χ0n) is 24.8. The Morgan fingerprint density at radius 1 is 1.07 bits per heavy atom. The Bertz CT molecular complexity index is 1410. The van der Waals surface area contributed by atoms with Gasteiger partial charge in [-0.2, -0.15) is 5.10 Å². The highest BCUT2D eigenvalue weighted by molar-refractivity contribution is 6.06. The van der Waals surface area contributed by atoms with Crippen LogP contribution in [0.15, 0.2) is 28.8 Å². The number of anilines is 2. The molecule has 2 aromatic heterocycles. The number of hydrogen-bond donors (Lipinski definition) is 3. The Morgan fingerprint density at radius 2 is 1.75 bits per heavy atom. The minimum atomic E-state index is -0.742. The number of hydrogen-bond acceptors (Lipinski definition) is 7. The van der Waals surface area contributed by atoms with Gasteiger partial charge in [-0.3, -0.25) is 20.2 Å². The maximum atomic E-state index is 12.7. The molecular weight excluding hydrogens is 512 g/mol. The van der Waals surface area contributed by atoms with Crippen molar-refractivity contribution in [1.29, 1.82) is 0 Å². The summed E-state index contributed by atoms with van der Waals surface area (Å²) in [6.07, 6.45) is 0.103. The topological polar surface area (TPSA) is 154 Å². The van der Waals surface area contributed by atoms with Gasteiger partial charge in [-0.15, -0.1) is 0 Å². The molecule has 0 atom stereocenters. The quantitative estimate of drug-likeness (QED) is 0.326. The van der Waals surface area contributed by atoms with Crippen LogP contribution in [0.3, 0.4) is 0 Å². The molecule has 0 radical (unpaired) electrons. The molecule has 0 saturated carbocycles. The molecule has 3 aromatic rings. The Balaban J connectivity index is 1.85. The summed E-state index contributed by atoms with van der Waals surface area (Å²) in [6, 6.07) is 6.95. The molecule has 1 aromatic carbocycles. The number of primary amides is 1. The molecule has 0 aliphatic carbocycles. The number of nitrogens with two attached hydrogens (primary N) is 1. The van der Waals surface area contributed by atoms with E-state index in [2.05, 4.69) is 41.7 Å². The summed E-state index contributed by atoms with van der Waals surface area (Å²) >= 11 is 0. The van der Waals surface area contributed by atoms with Gasteiger partial charge in [0.1, 0.15) is 22.7 Å². The number of aromatic nitrogens is 3. The maximum absolute atomic E-state index is 12.7. The summed E-state index contributed by atoms with van der Waals surface area (Å²) < 4.78 is 12.2. The van der Waals surface area contributed by atoms with Crippen molar-refractivity contribution in [3.8, 4) is 11.3 Å². The van der Waals surface area contributed by atoms with Crippen LogP contribution in [0.5, 0.6) is 0 Å². The predicted molar refractivity (Wildman–Crippen MR) is 153 cm³/mol. The van der Waals surface area contributed by atoms with Gasteiger partial charge in [0, 0.05) is 17.7 Å². The summed E-state index contributed by atoms with van der Waals surface area (Å²) in [4.78, 5) is 37.8. The molecule has 2 heterocycles. The normalized spacial score (nSPS) is 11.9. The van der Waals surface area contributed by atoms with Gasteiger partial charge in [0.2, 0.25) is 11.8 Å². The highest BCUT2D eigenvalue weighted by Gasteiger charge is 2.28. The SMILES string of the molecule is Cc1cc(CC(=O)Nc2cc(CC(C)(C)C)no2)ccc1-c1nn(C(C)C)c(NC(=O)OC(C)(C)C)c1C(N)=O. The molecule has 0 unspecified atom stereocenters. The highest BCUT2D eigenvalue weighted by Crippen LogP contribution is 2.33. The van der Waals surface area contributed by atoms with Gasteiger partial charge in [0.25, 0.3) is 5.91 Å². The first kappa shape index (κ1) is 30.4. The molecule has 3 amide bonds. The summed E-state index contributed by atoms with van der Waals surface area (Å²) in [6.45, 7) is 17.1. The van der Waals surface area contributed by atoms with Crippen LogP contribution in [0.1, 0.15) is 88.6 Å². The summed E-state index contributed by atoms with van der Waals surface area (Å²) in [7, 11) is 0. The average Bonchev–Trinajstić information content (AvgIpc) is 3.35. The maximum Gasteiger partial charge on any atom is 0.413 e. The van der Waals surface area contributed by atoms with Crippen molar-refractivity contribution in [2.45, 2.75) is 86.8 Å². The highest BCUT2D eigenvalue weighted by atomic mass is 16.6. The van der Waals surface area contributed by atoms with Gasteiger partial charge in [-0.05, 0) is 64.5 Å². The number of aryl methyl sites for hydroxylation is 1. The standard InChI is InChI=1S/C29H40N6O5/c1-16(2)35-26(32-27(38)39-29(7,8)9)23(25(30)37)24(33-35)20-11-10-18(12-17(20)3)13-21(36)31-22-14-19(34-40-22)15-28(4,5)6/h10-12,14,16H,13,15H2,1-9H3,(H2,30,37)(H,31,36)(H,32,38). The number of carbonyl (C=O) groups is 3. The van der Waals surface area contributed by atoms with E-state index in [-0.39, 0.29) is 35.2 Å². The van der Waals surface area contributed by atoms with Crippen molar-refractivity contribution < 1.29 is 23.6 Å². The van der Waals surface area contributed by atoms with E-state index in [4.69, 9.17) is 15.0 Å². The van der Waals surface area contributed by atoms with Crippen LogP contribution in [0.2, 0.25) is 0 Å². The zero-order chi connectivity index (χ0) is 30.0. The number of nitrogens with zero attached hydrogens (tertiary/aromatic N) is 3. The second-order valence-corrected chi connectivity index (χ2v) is 12.4. The van der Waals surface area contributed by atoms with E-state index >= 15 is 0 Å². The fourth-order valence-corrected chi connectivity index (χ4v) is 4.22. The third kappa shape index (κ3) is 7.93. The zero-order valence-corrected chi connectivity index (χ0v) is 24.8. The molecule has 4 N–H and O–H groups in total. The Hall–Kier alpha value is -4.15. The van der Waals surface area contributed by atoms with Gasteiger partial charge >= 0.3 is 6.09 Å². The number of carbonyl (C=O) groups excluding carboxylic acids is 3. The number of ether oxygens (including phenoxy) is 1. The first-order chi connectivity index (χ1) is 18.4. The molecule has 40 heavy (non-hydrogen) atoms. The van der Waals surface area contributed by atoms with E-state index in [1.165, 1.54) is 4.68 Å². The summed E-state index contributed by atoms with van der Waals surface area (Å²) in [5, 5.41) is 14.1. The summed E-state index contributed by atoms with van der Waals surface area (Å²) in [5.74, 6) is -0.537. The lowest BCUT2D eigenvalue weighted by atomic mass is 9.91. The van der Waals surface area contributed by atoms with Gasteiger partial charge < -0.3 is 15.0 Å². The van der Waals surface area contributed by atoms with Crippen molar-refractivity contribution in [2.75, 3.05) is 10.6 Å². The number of nitrogens with one attached hydrogen (secondary N) is 2. The molecule has 3 rings (SSSR count). The first-order valence-electron chi connectivity index (χ1n) is 13.2. The molecular formula is C29H40N6O5. The van der Waals surface area contributed by atoms with E-state index in [1.807, 2.05) is 26.8 Å². The van der Waals surface area contributed by atoms with Crippen LogP contribution in [-0.4, -0.2) is 38.4 Å². The number of amides is 3. The molecule has 216 valence electrons. The molecule has 11 heteroatoms. The van der Waals surface area contributed by atoms with Gasteiger partial charge in [0.05, 0.1) is 12.1 Å². The number of rotatable bonds is 8. The molecule has 0 aliphatic heterocycles. The smallest absolute Gasteiger partial charge is 0.413 e. The van der Waals surface area contributed by atoms with E-state index < -0.39 is 17.6 Å². The lowest BCUT2D eigenvalue weighted by Crippen LogP contribution is -2.29. The van der Waals surface area contributed by atoms with Crippen molar-refractivity contribution in [1.82, 2.24) is 14.9 Å². The fourth-order valence-electron chi connectivity index (χ4n) is 4.22. The molecule has 0 aliphatic rings. The van der Waals surface area contributed by atoms with Crippen molar-refractivity contribution in [2.24, 2.45) is 11.1 Å². The molecule has 0 bridgehead atoms. The van der Waals surface area contributed by atoms with Gasteiger partial charge in [0.15, 0.2) is 0 Å². The van der Waals surface area contributed by atoms with E-state index in [0.29, 0.717) is 17.1 Å². The van der Waals surface area contributed by atoms with Crippen molar-refractivity contribution in [3.05, 3.63) is 46.6 Å². The van der Waals surface area contributed by atoms with Crippen LogP contribution in [0.25, 0.3) is 11.3 Å². The van der Waals surface area contributed by atoms with Crippen LogP contribution >= 0.6 is 0 Å². The van der Waals surface area contributed by atoms with Gasteiger partial charge in [-0.25, -0.2) is 9.48 Å². The van der Waals surface area contributed by atoms with Crippen molar-refractivity contribution >= 4 is 29.6 Å². The predicted octanol–water partition coefficient (Wildman–Crippen LogP) is 5.64. The third-order valence-corrected chi connectivity index (χ3v) is 5.71. The average molecular weight is 553 g/mol. The van der Waals surface area contributed by atoms with Crippen molar-refractivity contribution in [3.63, 3.8) is 0 Å². The first-order valence-corrected chi connectivity index (χ1v) is 13.2. The minimum Gasteiger partial charge on any atom is -0.444 e. The summed E-state index contributed by atoms with van der Waals surface area (Å²) in [5.41, 5.74) is 8.43. The fraction of sp³-hybridized carbons (Fsp3) is 0.483. The monoisotopic (exact) mass is 552 g/mol. The molecule has 11 nitrogen and oxygen atoms in total. The molecule has 0 fully saturated rings. The van der Waals surface area contributed by atoms with Crippen LogP contribution in [0, 0.1) is 12.3 Å². The van der Waals surface area contributed by atoms with Crippen LogP contribution in [-0.2, 0) is 22.4 Å². The Morgan fingerprint density at radius 3 is 2.30 bits per heavy atom. The lowest BCUT2D eigenvalue weighted by Gasteiger charge is -2.20. The Labute approximate surface area is 234 Å². The second kappa shape index (κ2) is 11.5. The van der Waals surface area contributed by atoms with Crippen LogP contribution < -0.4 is 16.4 Å². The van der Waals surface area contributed by atoms with E-state index in [0.717, 1.165) is 23.2 Å². The third-order valence-electron chi connectivity index (χ3n) is 5.71. The van der Waals surface area contributed by atoms with Gasteiger partial charge in [-0.1, -0.05) is 44.1 Å². The van der Waals surface area contributed by atoms with E-state index in [1.54, 1.807) is 39.0 Å². The van der Waals surface area contributed by atoms with Crippen LogP contribution in [0.4, 0.5) is 16.5 Å². The van der Waals surface area contributed by atoms with E-state index in [9.17, 15) is 14.4 Å². The Kier molecular flexibility index (Phi) is 8.76. The molecule has 0 saturated heterocycles. The number of benzene rings is 1.